The zero-order valence-electron chi connectivity index (χ0n) is 21.2. The number of nitrogens with zero attached hydrogens (tertiary/aromatic N) is 3. The summed E-state index contributed by atoms with van der Waals surface area (Å²) in [5.41, 5.74) is 0.169. The van der Waals surface area contributed by atoms with Gasteiger partial charge in [-0.2, -0.15) is 5.01 Å². The van der Waals surface area contributed by atoms with Crippen molar-refractivity contribution in [2.75, 3.05) is 6.54 Å². The number of rotatable bonds is 8. The number of nitro groups is 1. The predicted molar refractivity (Wildman–Crippen MR) is 149 cm³/mol. The minimum absolute atomic E-state index is 0.0487. The smallest absolute Gasteiger partial charge is 0.273 e. The van der Waals surface area contributed by atoms with Crippen LogP contribution in [0.15, 0.2) is 78.9 Å². The number of nitro benzene ring substituents is 1. The molecule has 0 radical (unpaired) electrons. The molecule has 0 N–H and O–H groups in total. The highest BCUT2D eigenvalue weighted by Crippen LogP contribution is 2.36. The third-order valence-corrected chi connectivity index (χ3v) is 7.62. The van der Waals surface area contributed by atoms with Gasteiger partial charge in [0.25, 0.3) is 23.4 Å². The molecule has 1 heterocycles. The quantitative estimate of drug-likeness (QED) is 0.105. The summed E-state index contributed by atoms with van der Waals surface area (Å²) in [4.78, 5) is 63.9. The molecule has 3 amide bonds. The molecule has 41 heavy (non-hydrogen) atoms. The predicted octanol–water partition coefficient (Wildman–Crippen LogP) is 5.89. The van der Waals surface area contributed by atoms with Crippen molar-refractivity contribution in [2.45, 2.75) is 12.8 Å². The number of carbonyl (C=O) groups is 4. The fraction of sp³-hybridized carbons (Fsp3) is 0.172. The molecule has 0 bridgehead atoms. The topological polar surface area (TPSA) is 127 Å². The van der Waals surface area contributed by atoms with E-state index in [9.17, 15) is 29.3 Å². The number of ketones is 1. The van der Waals surface area contributed by atoms with E-state index in [1.165, 1.54) is 66.7 Å². The molecule has 1 fully saturated rings. The minimum Gasteiger partial charge on any atom is -0.457 e. The number of benzene rings is 3. The second-order valence-electron chi connectivity index (χ2n) is 9.44. The Balaban J connectivity index is 1.38. The summed E-state index contributed by atoms with van der Waals surface area (Å²) in [7, 11) is 0. The highest BCUT2D eigenvalue weighted by atomic mass is 35.5. The van der Waals surface area contributed by atoms with Crippen molar-refractivity contribution in [3.63, 3.8) is 0 Å². The number of allylic oxidation sites excluding steroid dienone is 2. The van der Waals surface area contributed by atoms with Gasteiger partial charge >= 0.3 is 0 Å². The molecule has 3 aromatic carbocycles. The fourth-order valence-corrected chi connectivity index (χ4v) is 5.04. The van der Waals surface area contributed by atoms with E-state index in [-0.39, 0.29) is 26.9 Å². The summed E-state index contributed by atoms with van der Waals surface area (Å²) in [6.45, 7) is -0.591. The third-order valence-electron chi connectivity index (χ3n) is 6.88. The van der Waals surface area contributed by atoms with Gasteiger partial charge in [0.05, 0.1) is 26.8 Å². The van der Waals surface area contributed by atoms with Crippen molar-refractivity contribution in [1.82, 2.24) is 10.0 Å². The van der Waals surface area contributed by atoms with Gasteiger partial charge < -0.3 is 4.74 Å². The van der Waals surface area contributed by atoms with Gasteiger partial charge in [0, 0.05) is 23.3 Å². The maximum absolute atomic E-state index is 13.6. The van der Waals surface area contributed by atoms with Crippen LogP contribution in [0.1, 0.15) is 33.6 Å². The number of hydrogen-bond donors (Lipinski definition) is 0. The molecule has 5 rings (SSSR count). The van der Waals surface area contributed by atoms with E-state index in [2.05, 4.69) is 0 Å². The first-order valence-corrected chi connectivity index (χ1v) is 13.2. The summed E-state index contributed by atoms with van der Waals surface area (Å²) < 4.78 is 5.68. The van der Waals surface area contributed by atoms with Crippen LogP contribution in [0, 0.1) is 22.0 Å². The molecule has 1 aliphatic heterocycles. The highest BCUT2D eigenvalue weighted by molar-refractivity contribution is 6.42. The number of imide groups is 1. The number of carbonyl (C=O) groups excluding carboxylic acids is 4. The number of ether oxygens (including phenoxy) is 1. The lowest BCUT2D eigenvalue weighted by atomic mass is 9.85. The lowest BCUT2D eigenvalue weighted by molar-refractivity contribution is -0.384. The molecular weight excluding hydrogens is 573 g/mol. The monoisotopic (exact) mass is 593 g/mol. The molecule has 2 aliphatic rings. The first-order chi connectivity index (χ1) is 19.6. The molecule has 1 aliphatic carbocycles. The highest BCUT2D eigenvalue weighted by Gasteiger charge is 2.51. The standard InChI is InChI=1S/C29H21Cl2N3O7/c30-24-14-7-18(15-25(24)31)27(36)32(33-28(37)22-3-1-2-4-23(22)29(33)38)16-26(35)17-5-10-20(11-6-17)41-21-12-8-19(9-13-21)34(39)40/h1-2,5-15,22-23H,3-4,16H2/t22-,23-/m0/s1. The van der Waals surface area contributed by atoms with Crippen LogP contribution < -0.4 is 4.74 Å². The maximum atomic E-state index is 13.6. The Morgan fingerprint density at radius 3 is 1.93 bits per heavy atom. The van der Waals surface area contributed by atoms with Crippen LogP contribution in [0.3, 0.4) is 0 Å². The van der Waals surface area contributed by atoms with Gasteiger partial charge in [-0.25, -0.2) is 5.01 Å². The molecular formula is C29H21Cl2N3O7. The number of Topliss-reactive ketones (excluding diaryl/α,β-unsaturated/α-hetero) is 1. The Hall–Kier alpha value is -4.54. The first-order valence-electron chi connectivity index (χ1n) is 12.5. The van der Waals surface area contributed by atoms with Crippen molar-refractivity contribution in [1.29, 1.82) is 0 Å². The number of hydrogen-bond acceptors (Lipinski definition) is 7. The molecule has 0 unspecified atom stereocenters. The largest absolute Gasteiger partial charge is 0.457 e. The number of halogens is 2. The zero-order valence-corrected chi connectivity index (χ0v) is 22.7. The molecule has 3 aromatic rings. The molecule has 0 saturated carbocycles. The van der Waals surface area contributed by atoms with Crippen LogP contribution in [0.2, 0.25) is 10.0 Å². The van der Waals surface area contributed by atoms with E-state index < -0.39 is 46.8 Å². The van der Waals surface area contributed by atoms with E-state index in [1.54, 1.807) is 0 Å². The van der Waals surface area contributed by atoms with Crippen LogP contribution in [0.4, 0.5) is 5.69 Å². The zero-order chi connectivity index (χ0) is 29.3. The van der Waals surface area contributed by atoms with Gasteiger partial charge in [0.15, 0.2) is 5.78 Å². The summed E-state index contributed by atoms with van der Waals surface area (Å²) in [5.74, 6) is -2.88. The second-order valence-corrected chi connectivity index (χ2v) is 10.3. The summed E-state index contributed by atoms with van der Waals surface area (Å²) in [6, 6.07) is 15.6. The van der Waals surface area contributed by atoms with E-state index in [4.69, 9.17) is 27.9 Å². The van der Waals surface area contributed by atoms with E-state index in [0.717, 1.165) is 10.0 Å². The van der Waals surface area contributed by atoms with Gasteiger partial charge in [-0.3, -0.25) is 29.3 Å². The molecule has 10 nitrogen and oxygen atoms in total. The van der Waals surface area contributed by atoms with Gasteiger partial charge in [-0.1, -0.05) is 35.4 Å². The maximum Gasteiger partial charge on any atom is 0.273 e. The summed E-state index contributed by atoms with van der Waals surface area (Å²) in [5, 5.41) is 12.8. The van der Waals surface area contributed by atoms with Crippen LogP contribution in [0.5, 0.6) is 11.5 Å². The first kappa shape index (κ1) is 28.0. The number of non-ortho nitro benzene ring substituents is 1. The lowest BCUT2D eigenvalue weighted by Crippen LogP contribution is -2.52. The normalized spacial score (nSPS) is 17.8. The van der Waals surface area contributed by atoms with Crippen molar-refractivity contribution in [2.24, 2.45) is 11.8 Å². The van der Waals surface area contributed by atoms with Gasteiger partial charge in [0.1, 0.15) is 18.0 Å². The SMILES string of the molecule is O=C(CN(C(=O)c1ccc(Cl)c(Cl)c1)N1C(=O)[C@H]2CC=CC[C@@H]2C1=O)c1ccc(Oc2ccc([N+](=O)[O-])cc2)cc1. The average molecular weight is 594 g/mol. The van der Waals surface area contributed by atoms with Crippen LogP contribution in [0.25, 0.3) is 0 Å². The van der Waals surface area contributed by atoms with Crippen LogP contribution >= 0.6 is 23.2 Å². The van der Waals surface area contributed by atoms with Crippen molar-refractivity contribution in [3.8, 4) is 11.5 Å². The Labute approximate surface area is 243 Å². The second kappa shape index (κ2) is 11.5. The van der Waals surface area contributed by atoms with Crippen molar-refractivity contribution < 1.29 is 28.8 Å². The number of amides is 3. The minimum atomic E-state index is -0.761. The summed E-state index contributed by atoms with van der Waals surface area (Å²) in [6.07, 6.45) is 4.38. The Bertz CT molecular complexity index is 1560. The van der Waals surface area contributed by atoms with E-state index >= 15 is 0 Å². The van der Waals surface area contributed by atoms with Crippen molar-refractivity contribution in [3.05, 3.63) is 110 Å². The van der Waals surface area contributed by atoms with Gasteiger partial charge in [0.2, 0.25) is 0 Å². The molecule has 1 saturated heterocycles. The Morgan fingerprint density at radius 1 is 0.854 bits per heavy atom. The fourth-order valence-electron chi connectivity index (χ4n) is 4.74. The van der Waals surface area contributed by atoms with E-state index in [1.807, 2.05) is 12.2 Å². The van der Waals surface area contributed by atoms with E-state index in [0.29, 0.717) is 24.3 Å². The molecule has 208 valence electrons. The van der Waals surface area contributed by atoms with Gasteiger partial charge in [-0.15, -0.1) is 0 Å². The van der Waals surface area contributed by atoms with Crippen LogP contribution in [-0.2, 0) is 9.59 Å². The Morgan fingerprint density at radius 2 is 1.39 bits per heavy atom. The molecule has 2 atom stereocenters. The molecule has 0 spiro atoms. The van der Waals surface area contributed by atoms with Gasteiger partial charge in [-0.05, 0) is 67.4 Å². The lowest BCUT2D eigenvalue weighted by Gasteiger charge is -2.30. The summed E-state index contributed by atoms with van der Waals surface area (Å²) >= 11 is 12.1. The third kappa shape index (κ3) is 5.70. The number of hydrazine groups is 1. The number of fused-ring (bicyclic) bond motifs is 1. The van der Waals surface area contributed by atoms with Crippen molar-refractivity contribution >= 4 is 52.4 Å². The Kier molecular flexibility index (Phi) is 7.87. The molecule has 12 heteroatoms. The average Bonchev–Trinajstić information content (AvgIpc) is 3.22. The molecule has 0 aromatic heterocycles. The van der Waals surface area contributed by atoms with Crippen LogP contribution in [-0.4, -0.2) is 45.0 Å².